The van der Waals surface area contributed by atoms with Gasteiger partial charge in [-0.1, -0.05) is 18.2 Å². The Morgan fingerprint density at radius 1 is 1.06 bits per heavy atom. The number of ketones is 1. The first kappa shape index (κ1) is 19.7. The first-order chi connectivity index (χ1) is 15.2. The van der Waals surface area contributed by atoms with Crippen molar-refractivity contribution in [2.75, 3.05) is 36.8 Å². The van der Waals surface area contributed by atoms with Gasteiger partial charge in [0.05, 0.1) is 0 Å². The van der Waals surface area contributed by atoms with E-state index >= 15 is 0 Å². The van der Waals surface area contributed by atoms with Crippen LogP contribution in [0.15, 0.2) is 66.2 Å². The summed E-state index contributed by atoms with van der Waals surface area (Å²) in [6.45, 7) is 4.00. The Morgan fingerprint density at radius 3 is 2.74 bits per heavy atom. The van der Waals surface area contributed by atoms with E-state index in [1.165, 1.54) is 5.69 Å². The molecule has 5 rings (SSSR count). The minimum Gasteiger partial charge on any atom is -0.398 e. The summed E-state index contributed by atoms with van der Waals surface area (Å²) in [5, 5.41) is 7.50. The van der Waals surface area contributed by atoms with Crippen LogP contribution in [0.2, 0.25) is 0 Å². The van der Waals surface area contributed by atoms with Crippen LogP contribution < -0.4 is 16.0 Å². The molecule has 3 heterocycles. The zero-order chi connectivity index (χ0) is 21.2. The van der Waals surface area contributed by atoms with Gasteiger partial charge >= 0.3 is 0 Å². The van der Waals surface area contributed by atoms with Crippen molar-refractivity contribution < 1.29 is 4.79 Å². The molecule has 2 aromatic carbocycles. The summed E-state index contributed by atoms with van der Waals surface area (Å²) in [5.74, 6) is -0.0249. The number of carbonyl (C=O) groups is 1. The van der Waals surface area contributed by atoms with Gasteiger partial charge < -0.3 is 16.0 Å². The van der Waals surface area contributed by atoms with E-state index in [0.29, 0.717) is 11.4 Å². The van der Waals surface area contributed by atoms with Crippen molar-refractivity contribution >= 4 is 39.3 Å². The van der Waals surface area contributed by atoms with Crippen LogP contribution in [-0.4, -0.2) is 36.9 Å². The summed E-state index contributed by atoms with van der Waals surface area (Å²) >= 11 is 1.67. The number of nitrogens with two attached hydrogens (primary N) is 1. The summed E-state index contributed by atoms with van der Waals surface area (Å²) in [7, 11) is 0. The topological polar surface area (TPSA) is 71.2 Å². The number of anilines is 2. The second-order valence-corrected chi connectivity index (χ2v) is 8.78. The molecule has 2 aromatic heterocycles. The molecule has 1 fully saturated rings. The number of pyridine rings is 1. The molecule has 0 bridgehead atoms. The van der Waals surface area contributed by atoms with Crippen LogP contribution in [-0.2, 0) is 6.42 Å². The Bertz CT molecular complexity index is 1230. The molecular weight excluding hydrogens is 404 g/mol. The SMILES string of the molecule is Nc1ccc(-c2cccs2)cc1CC(=O)c1cc2ccc(N3CCNCC3)cc2cn1. The highest BCUT2D eigenvalue weighted by Crippen LogP contribution is 2.28. The Labute approximate surface area is 185 Å². The van der Waals surface area contributed by atoms with Crippen LogP contribution in [0.4, 0.5) is 11.4 Å². The normalized spacial score (nSPS) is 14.1. The fourth-order valence-corrected chi connectivity index (χ4v) is 4.74. The van der Waals surface area contributed by atoms with Crippen molar-refractivity contribution in [3.63, 3.8) is 0 Å². The van der Waals surface area contributed by atoms with Crippen molar-refractivity contribution in [2.45, 2.75) is 6.42 Å². The fourth-order valence-electron chi connectivity index (χ4n) is 4.02. The van der Waals surface area contributed by atoms with Crippen molar-refractivity contribution in [3.8, 4) is 10.4 Å². The summed E-state index contributed by atoms with van der Waals surface area (Å²) in [6.07, 6.45) is 2.04. The van der Waals surface area contributed by atoms with Gasteiger partial charge in [0, 0.05) is 60.4 Å². The first-order valence-corrected chi connectivity index (χ1v) is 11.4. The van der Waals surface area contributed by atoms with E-state index in [1.807, 2.05) is 35.7 Å². The number of benzene rings is 2. The number of fused-ring (bicyclic) bond motifs is 1. The number of Topliss-reactive ketones (excluding diaryl/α,β-unsaturated/α-hetero) is 1. The fraction of sp³-hybridized carbons (Fsp3) is 0.200. The van der Waals surface area contributed by atoms with Gasteiger partial charge in [-0.25, -0.2) is 0 Å². The summed E-state index contributed by atoms with van der Waals surface area (Å²) in [4.78, 5) is 21.0. The maximum absolute atomic E-state index is 13.0. The van der Waals surface area contributed by atoms with Crippen molar-refractivity contribution in [1.82, 2.24) is 10.3 Å². The van der Waals surface area contributed by atoms with Gasteiger partial charge in [-0.15, -0.1) is 11.3 Å². The molecule has 0 spiro atoms. The van der Waals surface area contributed by atoms with E-state index in [4.69, 9.17) is 5.73 Å². The first-order valence-electron chi connectivity index (χ1n) is 10.5. The maximum atomic E-state index is 13.0. The third-order valence-electron chi connectivity index (χ3n) is 5.77. The van der Waals surface area contributed by atoms with E-state index in [0.717, 1.165) is 53.0 Å². The Morgan fingerprint density at radius 2 is 1.94 bits per heavy atom. The molecule has 0 atom stereocenters. The molecule has 0 unspecified atom stereocenters. The predicted molar refractivity (Wildman–Crippen MR) is 129 cm³/mol. The molecule has 1 aliphatic rings. The van der Waals surface area contributed by atoms with Gasteiger partial charge in [0.25, 0.3) is 0 Å². The standard InChI is InChI=1S/C25H24N4OS/c26-22-6-4-18(25-2-1-11-31-25)12-19(22)15-24(30)23-14-17-3-5-21(13-20(17)16-28-23)29-9-7-27-8-10-29/h1-6,11-14,16,27H,7-10,15,26H2. The molecule has 6 heteroatoms. The summed E-state index contributed by atoms with van der Waals surface area (Å²) in [6, 6.07) is 18.2. The van der Waals surface area contributed by atoms with E-state index < -0.39 is 0 Å². The lowest BCUT2D eigenvalue weighted by molar-refractivity contribution is 0.0988. The number of aromatic nitrogens is 1. The molecular formula is C25H24N4OS. The van der Waals surface area contributed by atoms with Gasteiger partial charge in [-0.05, 0) is 58.3 Å². The number of nitrogens with zero attached hydrogens (tertiary/aromatic N) is 2. The molecule has 1 saturated heterocycles. The number of nitrogens with one attached hydrogen (secondary N) is 1. The second-order valence-electron chi connectivity index (χ2n) is 7.83. The summed E-state index contributed by atoms with van der Waals surface area (Å²) in [5.41, 5.74) is 10.4. The predicted octanol–water partition coefficient (Wildman–Crippen LogP) is 4.38. The van der Waals surface area contributed by atoms with E-state index in [9.17, 15) is 4.79 Å². The molecule has 156 valence electrons. The van der Waals surface area contributed by atoms with Crippen LogP contribution in [0, 0.1) is 0 Å². The third kappa shape index (κ3) is 4.17. The van der Waals surface area contributed by atoms with E-state index in [1.54, 1.807) is 17.5 Å². The number of thiophene rings is 1. The minimum atomic E-state index is -0.0249. The van der Waals surface area contributed by atoms with E-state index in [-0.39, 0.29) is 12.2 Å². The lowest BCUT2D eigenvalue weighted by atomic mass is 10.0. The van der Waals surface area contributed by atoms with Gasteiger partial charge in [-0.3, -0.25) is 9.78 Å². The minimum absolute atomic E-state index is 0.0249. The monoisotopic (exact) mass is 428 g/mol. The lowest BCUT2D eigenvalue weighted by Gasteiger charge is -2.29. The third-order valence-corrected chi connectivity index (χ3v) is 6.69. The highest BCUT2D eigenvalue weighted by atomic mass is 32.1. The molecule has 31 heavy (non-hydrogen) atoms. The summed E-state index contributed by atoms with van der Waals surface area (Å²) < 4.78 is 0. The number of hydrogen-bond acceptors (Lipinski definition) is 6. The average Bonchev–Trinajstić information content (AvgIpc) is 3.35. The Kier molecular flexibility index (Phi) is 5.40. The van der Waals surface area contributed by atoms with Crippen LogP contribution in [0.1, 0.15) is 16.1 Å². The number of piperazine rings is 1. The van der Waals surface area contributed by atoms with Crippen molar-refractivity contribution in [3.05, 3.63) is 77.4 Å². The molecule has 0 radical (unpaired) electrons. The molecule has 5 nitrogen and oxygen atoms in total. The van der Waals surface area contributed by atoms with E-state index in [2.05, 4.69) is 39.5 Å². The smallest absolute Gasteiger partial charge is 0.185 e. The van der Waals surface area contributed by atoms with Crippen LogP contribution in [0.5, 0.6) is 0 Å². The largest absolute Gasteiger partial charge is 0.398 e. The van der Waals surface area contributed by atoms with Crippen LogP contribution >= 0.6 is 11.3 Å². The highest BCUT2D eigenvalue weighted by Gasteiger charge is 2.14. The Hall–Kier alpha value is -3.22. The van der Waals surface area contributed by atoms with Crippen molar-refractivity contribution in [1.29, 1.82) is 0 Å². The quantitative estimate of drug-likeness (QED) is 0.365. The van der Waals surface area contributed by atoms with Crippen molar-refractivity contribution in [2.24, 2.45) is 0 Å². The Balaban J connectivity index is 1.38. The maximum Gasteiger partial charge on any atom is 0.185 e. The lowest BCUT2D eigenvalue weighted by Crippen LogP contribution is -2.43. The van der Waals surface area contributed by atoms with Gasteiger partial charge in [-0.2, -0.15) is 0 Å². The van der Waals surface area contributed by atoms with Crippen LogP contribution in [0.3, 0.4) is 0 Å². The molecule has 4 aromatic rings. The average molecular weight is 429 g/mol. The van der Waals surface area contributed by atoms with Crippen LogP contribution in [0.25, 0.3) is 21.2 Å². The number of nitrogen functional groups attached to an aromatic ring is 1. The number of carbonyl (C=O) groups excluding carboxylic acids is 1. The highest BCUT2D eigenvalue weighted by molar-refractivity contribution is 7.13. The van der Waals surface area contributed by atoms with Gasteiger partial charge in [0.2, 0.25) is 0 Å². The van der Waals surface area contributed by atoms with Gasteiger partial charge in [0.1, 0.15) is 5.69 Å². The molecule has 0 aliphatic carbocycles. The van der Waals surface area contributed by atoms with Gasteiger partial charge in [0.15, 0.2) is 5.78 Å². The zero-order valence-electron chi connectivity index (χ0n) is 17.2. The second kappa shape index (κ2) is 8.49. The molecule has 1 aliphatic heterocycles. The molecule has 3 N–H and O–H groups in total. The molecule has 0 saturated carbocycles. The molecule has 0 amide bonds. The zero-order valence-corrected chi connectivity index (χ0v) is 18.0. The number of rotatable bonds is 5. The number of hydrogen-bond donors (Lipinski definition) is 2.